The van der Waals surface area contributed by atoms with E-state index in [9.17, 15) is 4.79 Å². The molecule has 0 aliphatic rings. The molecule has 4 rings (SSSR count). The van der Waals surface area contributed by atoms with Crippen LogP contribution in [0, 0.1) is 0 Å². The first-order chi connectivity index (χ1) is 15.2. The Morgan fingerprint density at radius 2 is 1.68 bits per heavy atom. The monoisotopic (exact) mass is 410 g/mol. The van der Waals surface area contributed by atoms with E-state index < -0.39 is 0 Å². The summed E-state index contributed by atoms with van der Waals surface area (Å²) in [5.41, 5.74) is 5.76. The van der Waals surface area contributed by atoms with Crippen LogP contribution < -0.4 is 5.32 Å². The van der Waals surface area contributed by atoms with Crippen LogP contribution in [-0.2, 0) is 4.84 Å². The van der Waals surface area contributed by atoms with Crippen molar-refractivity contribution in [1.82, 2.24) is 9.55 Å². The molecule has 1 N–H and O–H groups in total. The Bertz CT molecular complexity index is 1200. The molecule has 154 valence electrons. The number of hydrogen-bond acceptors (Lipinski definition) is 4. The zero-order chi connectivity index (χ0) is 21.6. The Kier molecular flexibility index (Phi) is 5.89. The van der Waals surface area contributed by atoms with Gasteiger partial charge in [-0.15, -0.1) is 0 Å². The summed E-state index contributed by atoms with van der Waals surface area (Å²) in [6.07, 6.45) is 5.21. The van der Waals surface area contributed by atoms with Gasteiger partial charge in [-0.25, -0.2) is 4.98 Å². The second kappa shape index (κ2) is 9.09. The smallest absolute Gasteiger partial charge is 0.255 e. The Hall–Kier alpha value is -4.19. The summed E-state index contributed by atoms with van der Waals surface area (Å²) in [4.78, 5) is 22.0. The number of benzene rings is 3. The number of nitrogens with zero attached hydrogens (tertiary/aromatic N) is 3. The molecular formula is C25H22N4O2. The van der Waals surface area contributed by atoms with Crippen molar-refractivity contribution in [2.45, 2.75) is 6.92 Å². The first-order valence-electron chi connectivity index (χ1n) is 9.83. The van der Waals surface area contributed by atoms with Gasteiger partial charge >= 0.3 is 0 Å². The zero-order valence-corrected chi connectivity index (χ0v) is 17.3. The van der Waals surface area contributed by atoms with Gasteiger partial charge in [-0.3, -0.25) is 4.79 Å². The van der Waals surface area contributed by atoms with Gasteiger partial charge in [0.2, 0.25) is 0 Å². The third-order valence-electron chi connectivity index (χ3n) is 4.93. The fourth-order valence-corrected chi connectivity index (χ4v) is 3.32. The summed E-state index contributed by atoms with van der Waals surface area (Å²) >= 11 is 0. The highest BCUT2D eigenvalue weighted by atomic mass is 16.6. The summed E-state index contributed by atoms with van der Waals surface area (Å²) in [7, 11) is 1.51. The van der Waals surface area contributed by atoms with Gasteiger partial charge in [-0.05, 0) is 42.3 Å². The lowest BCUT2D eigenvalue weighted by Crippen LogP contribution is -2.14. The lowest BCUT2D eigenvalue weighted by Gasteiger charge is -2.14. The quantitative estimate of drug-likeness (QED) is 0.353. The highest BCUT2D eigenvalue weighted by Gasteiger charge is 2.13. The van der Waals surface area contributed by atoms with Crippen LogP contribution in [-0.4, -0.2) is 28.3 Å². The minimum absolute atomic E-state index is 0.195. The lowest BCUT2D eigenvalue weighted by atomic mass is 10.0. The van der Waals surface area contributed by atoms with E-state index in [1.165, 1.54) is 7.11 Å². The molecule has 0 spiro atoms. The first kappa shape index (κ1) is 20.1. The largest absolute Gasteiger partial charge is 0.399 e. The molecule has 0 atom stereocenters. The zero-order valence-electron chi connectivity index (χ0n) is 17.3. The molecule has 1 aromatic heterocycles. The van der Waals surface area contributed by atoms with Crippen molar-refractivity contribution in [1.29, 1.82) is 0 Å². The lowest BCUT2D eigenvalue weighted by molar-refractivity contribution is 0.102. The van der Waals surface area contributed by atoms with Crippen molar-refractivity contribution in [2.75, 3.05) is 12.4 Å². The van der Waals surface area contributed by atoms with Crippen LogP contribution in [0.4, 0.5) is 5.69 Å². The van der Waals surface area contributed by atoms with Crippen LogP contribution in [0.2, 0.25) is 0 Å². The van der Waals surface area contributed by atoms with Crippen molar-refractivity contribution in [2.24, 2.45) is 5.16 Å². The van der Waals surface area contributed by atoms with Gasteiger partial charge in [-0.2, -0.15) is 0 Å². The molecule has 0 saturated carbocycles. The number of oxime groups is 1. The molecule has 0 aliphatic heterocycles. The van der Waals surface area contributed by atoms with Gasteiger partial charge in [0.25, 0.3) is 5.91 Å². The summed E-state index contributed by atoms with van der Waals surface area (Å²) < 4.78 is 1.85. The van der Waals surface area contributed by atoms with Gasteiger partial charge in [0.1, 0.15) is 7.11 Å². The first-order valence-corrected chi connectivity index (χ1v) is 9.83. The SMILES string of the molecule is CO/N=C(\C)c1ccc(-n2ccnc2)c(NC(=O)c2ccc(-c3ccccc3)cc2)c1. The molecule has 0 saturated heterocycles. The Morgan fingerprint density at radius 1 is 0.968 bits per heavy atom. The molecule has 0 aliphatic carbocycles. The molecule has 0 fully saturated rings. The molecule has 1 heterocycles. The molecule has 6 heteroatoms. The van der Waals surface area contributed by atoms with Crippen LogP contribution in [0.1, 0.15) is 22.8 Å². The molecule has 4 aromatic rings. The third-order valence-corrected chi connectivity index (χ3v) is 4.93. The molecule has 6 nitrogen and oxygen atoms in total. The normalized spacial score (nSPS) is 11.2. The number of carbonyl (C=O) groups excluding carboxylic acids is 1. The Labute approximate surface area is 180 Å². The van der Waals surface area contributed by atoms with E-state index in [1.54, 1.807) is 12.5 Å². The maximum absolute atomic E-state index is 13.0. The number of anilines is 1. The molecule has 1 amide bonds. The second-order valence-corrected chi connectivity index (χ2v) is 6.96. The number of imidazole rings is 1. The number of nitrogens with one attached hydrogen (secondary N) is 1. The van der Waals surface area contributed by atoms with Gasteiger partial charge in [-0.1, -0.05) is 53.7 Å². The molecule has 31 heavy (non-hydrogen) atoms. The van der Waals surface area contributed by atoms with E-state index in [-0.39, 0.29) is 5.91 Å². The van der Waals surface area contributed by atoms with Crippen LogP contribution >= 0.6 is 0 Å². The predicted molar refractivity (Wildman–Crippen MR) is 123 cm³/mol. The average Bonchev–Trinajstić information content (AvgIpc) is 3.34. The fourth-order valence-electron chi connectivity index (χ4n) is 3.32. The molecule has 0 bridgehead atoms. The molecule has 3 aromatic carbocycles. The standard InChI is InChI=1S/C25H22N4O2/c1-18(28-31-2)22-12-13-24(29-15-14-26-17-29)23(16-22)27-25(30)21-10-8-20(9-11-21)19-6-4-3-5-7-19/h3-17H,1-2H3,(H,27,30)/b28-18+. The van der Waals surface area contributed by atoms with Crippen LogP contribution in [0.5, 0.6) is 0 Å². The molecule has 0 radical (unpaired) electrons. The van der Waals surface area contributed by atoms with Crippen LogP contribution in [0.15, 0.2) is 96.7 Å². The maximum atomic E-state index is 13.0. The van der Waals surface area contributed by atoms with Crippen molar-refractivity contribution >= 4 is 17.3 Å². The van der Waals surface area contributed by atoms with E-state index in [0.717, 1.165) is 22.4 Å². The van der Waals surface area contributed by atoms with Crippen molar-refractivity contribution in [3.05, 3.63) is 103 Å². The number of amides is 1. The number of carbonyl (C=O) groups is 1. The summed E-state index contributed by atoms with van der Waals surface area (Å²) in [5.74, 6) is -0.195. The minimum atomic E-state index is -0.195. The Morgan fingerprint density at radius 3 is 2.35 bits per heavy atom. The third kappa shape index (κ3) is 4.53. The van der Waals surface area contributed by atoms with Crippen LogP contribution in [0.3, 0.4) is 0 Å². The summed E-state index contributed by atoms with van der Waals surface area (Å²) in [6, 6.07) is 23.3. The van der Waals surface area contributed by atoms with Crippen LogP contribution in [0.25, 0.3) is 16.8 Å². The fraction of sp³-hybridized carbons (Fsp3) is 0.0800. The van der Waals surface area contributed by atoms with E-state index >= 15 is 0 Å². The van der Waals surface area contributed by atoms with Gasteiger partial charge in [0, 0.05) is 23.5 Å². The van der Waals surface area contributed by atoms with Gasteiger partial charge < -0.3 is 14.7 Å². The minimum Gasteiger partial charge on any atom is -0.399 e. The van der Waals surface area contributed by atoms with Crippen molar-refractivity contribution in [3.8, 4) is 16.8 Å². The molecule has 0 unspecified atom stereocenters. The number of hydrogen-bond donors (Lipinski definition) is 1. The summed E-state index contributed by atoms with van der Waals surface area (Å²) in [6.45, 7) is 1.85. The average molecular weight is 410 g/mol. The summed E-state index contributed by atoms with van der Waals surface area (Å²) in [5, 5.41) is 7.02. The number of rotatable bonds is 6. The second-order valence-electron chi connectivity index (χ2n) is 6.96. The topological polar surface area (TPSA) is 68.5 Å². The van der Waals surface area contributed by atoms with E-state index in [4.69, 9.17) is 4.84 Å². The van der Waals surface area contributed by atoms with Crippen molar-refractivity contribution in [3.63, 3.8) is 0 Å². The molecular weight excluding hydrogens is 388 g/mol. The highest BCUT2D eigenvalue weighted by molar-refractivity contribution is 6.07. The van der Waals surface area contributed by atoms with Gasteiger partial charge in [0.05, 0.1) is 23.4 Å². The van der Waals surface area contributed by atoms with E-state index in [0.29, 0.717) is 17.0 Å². The van der Waals surface area contributed by atoms with Gasteiger partial charge in [0.15, 0.2) is 0 Å². The van der Waals surface area contributed by atoms with E-state index in [2.05, 4.69) is 15.5 Å². The van der Waals surface area contributed by atoms with E-state index in [1.807, 2.05) is 90.5 Å². The number of aromatic nitrogens is 2. The highest BCUT2D eigenvalue weighted by Crippen LogP contribution is 2.24. The Balaban J connectivity index is 1.63. The predicted octanol–water partition coefficient (Wildman–Crippen LogP) is 5.16. The maximum Gasteiger partial charge on any atom is 0.255 e. The van der Waals surface area contributed by atoms with Crippen molar-refractivity contribution < 1.29 is 9.63 Å².